The zero-order valence-electron chi connectivity index (χ0n) is 12.3. The van der Waals surface area contributed by atoms with E-state index in [9.17, 15) is 5.11 Å². The Bertz CT molecular complexity index is 370. The van der Waals surface area contributed by atoms with Gasteiger partial charge in [0, 0.05) is 18.1 Å². The van der Waals surface area contributed by atoms with Gasteiger partial charge >= 0.3 is 0 Å². The number of hydrogen-bond donors (Lipinski definition) is 1. The fraction of sp³-hybridized carbons (Fsp3) is 0.625. The average Bonchev–Trinajstić information content (AvgIpc) is 2.43. The van der Waals surface area contributed by atoms with E-state index in [1.165, 1.54) is 6.42 Å². The highest BCUT2D eigenvalue weighted by atomic mass is 35.5. The van der Waals surface area contributed by atoms with E-state index in [-0.39, 0.29) is 0 Å². The maximum absolute atomic E-state index is 10.2. The lowest BCUT2D eigenvalue weighted by Crippen LogP contribution is -2.30. The molecule has 1 aromatic carbocycles. The van der Waals surface area contributed by atoms with Crippen molar-refractivity contribution in [3.05, 3.63) is 34.9 Å². The Kier molecular flexibility index (Phi) is 7.44. The highest BCUT2D eigenvalue weighted by Gasteiger charge is 2.13. The third-order valence-electron chi connectivity index (χ3n) is 3.70. The van der Waals surface area contributed by atoms with Gasteiger partial charge in [0.1, 0.15) is 0 Å². The molecule has 1 rings (SSSR count). The number of benzene rings is 1. The first-order valence-corrected chi connectivity index (χ1v) is 7.61. The number of aliphatic hydroxyl groups excluding tert-OH is 1. The van der Waals surface area contributed by atoms with Crippen LogP contribution >= 0.6 is 11.6 Å². The highest BCUT2D eigenvalue weighted by Crippen LogP contribution is 2.25. The van der Waals surface area contributed by atoms with Gasteiger partial charge in [-0.25, -0.2) is 0 Å². The van der Waals surface area contributed by atoms with Crippen molar-refractivity contribution in [3.63, 3.8) is 0 Å². The Hall–Kier alpha value is -0.570. The normalized spacial score (nSPS) is 14.6. The molecule has 0 saturated heterocycles. The number of rotatable bonds is 8. The highest BCUT2D eigenvalue weighted by molar-refractivity contribution is 6.31. The van der Waals surface area contributed by atoms with Gasteiger partial charge in [-0.3, -0.25) is 0 Å². The molecule has 0 aromatic heterocycles. The largest absolute Gasteiger partial charge is 0.388 e. The first-order valence-electron chi connectivity index (χ1n) is 7.23. The lowest BCUT2D eigenvalue weighted by molar-refractivity contribution is 0.138. The quantitative estimate of drug-likeness (QED) is 0.775. The molecule has 0 aliphatic heterocycles. The fourth-order valence-electron chi connectivity index (χ4n) is 2.15. The molecule has 19 heavy (non-hydrogen) atoms. The average molecular weight is 284 g/mol. The van der Waals surface area contributed by atoms with Crippen molar-refractivity contribution in [2.24, 2.45) is 5.92 Å². The molecule has 0 bridgehead atoms. The van der Waals surface area contributed by atoms with Gasteiger partial charge in [-0.15, -0.1) is 0 Å². The molecule has 0 saturated carbocycles. The van der Waals surface area contributed by atoms with Crippen LogP contribution in [0.1, 0.15) is 45.3 Å². The van der Waals surface area contributed by atoms with Crippen molar-refractivity contribution in [3.8, 4) is 0 Å². The topological polar surface area (TPSA) is 23.5 Å². The zero-order valence-corrected chi connectivity index (χ0v) is 13.0. The predicted octanol–water partition coefficient (Wildman–Crippen LogP) is 4.13. The minimum atomic E-state index is -0.473. The molecule has 108 valence electrons. The van der Waals surface area contributed by atoms with Crippen LogP contribution in [0.4, 0.5) is 0 Å². The van der Waals surface area contributed by atoms with Crippen molar-refractivity contribution in [2.75, 3.05) is 19.6 Å². The van der Waals surface area contributed by atoms with Gasteiger partial charge in [0.05, 0.1) is 6.10 Å². The van der Waals surface area contributed by atoms with Crippen molar-refractivity contribution >= 4 is 11.6 Å². The van der Waals surface area contributed by atoms with Crippen molar-refractivity contribution in [2.45, 2.75) is 39.7 Å². The lowest BCUT2D eigenvalue weighted by Gasteiger charge is -2.25. The number of nitrogens with zero attached hydrogens (tertiary/aromatic N) is 1. The van der Waals surface area contributed by atoms with Crippen LogP contribution in [0.15, 0.2) is 24.3 Å². The van der Waals surface area contributed by atoms with Gasteiger partial charge in [0.25, 0.3) is 0 Å². The minimum absolute atomic E-state index is 0.473. The second kappa shape index (κ2) is 8.57. The summed E-state index contributed by atoms with van der Waals surface area (Å²) in [6.07, 6.45) is 1.46. The monoisotopic (exact) mass is 283 g/mol. The number of aliphatic hydroxyl groups is 1. The van der Waals surface area contributed by atoms with Crippen molar-refractivity contribution in [1.82, 2.24) is 4.90 Å². The first-order chi connectivity index (χ1) is 9.08. The molecule has 2 unspecified atom stereocenters. The van der Waals surface area contributed by atoms with E-state index in [1.807, 2.05) is 24.3 Å². The second-order valence-corrected chi connectivity index (χ2v) is 5.64. The van der Waals surface area contributed by atoms with Crippen LogP contribution in [0.5, 0.6) is 0 Å². The summed E-state index contributed by atoms with van der Waals surface area (Å²) in [4.78, 5) is 2.40. The Balaban J connectivity index is 2.48. The Morgan fingerprint density at radius 1 is 1.26 bits per heavy atom. The van der Waals surface area contributed by atoms with E-state index >= 15 is 0 Å². The molecule has 1 aromatic rings. The second-order valence-electron chi connectivity index (χ2n) is 5.23. The lowest BCUT2D eigenvalue weighted by atomic mass is 10.1. The third kappa shape index (κ3) is 5.52. The molecule has 0 fully saturated rings. The van der Waals surface area contributed by atoms with E-state index in [0.717, 1.165) is 31.6 Å². The molecule has 0 amide bonds. The molecule has 2 atom stereocenters. The Morgan fingerprint density at radius 2 is 1.95 bits per heavy atom. The molecule has 2 nitrogen and oxygen atoms in total. The molecule has 3 heteroatoms. The third-order valence-corrected chi connectivity index (χ3v) is 4.04. The fourth-order valence-corrected chi connectivity index (χ4v) is 2.42. The van der Waals surface area contributed by atoms with E-state index in [4.69, 9.17) is 11.6 Å². The van der Waals surface area contributed by atoms with Gasteiger partial charge in [-0.2, -0.15) is 0 Å². The summed E-state index contributed by atoms with van der Waals surface area (Å²) in [5.41, 5.74) is 0.837. The van der Waals surface area contributed by atoms with Gasteiger partial charge < -0.3 is 10.0 Å². The van der Waals surface area contributed by atoms with E-state index < -0.39 is 6.10 Å². The van der Waals surface area contributed by atoms with Crippen molar-refractivity contribution < 1.29 is 5.11 Å². The molecule has 0 heterocycles. The summed E-state index contributed by atoms with van der Waals surface area (Å²) in [7, 11) is 0. The summed E-state index contributed by atoms with van der Waals surface area (Å²) in [6, 6.07) is 7.54. The maximum Gasteiger partial charge on any atom is 0.0816 e. The predicted molar refractivity (Wildman–Crippen MR) is 82.6 cm³/mol. The van der Waals surface area contributed by atoms with Crippen molar-refractivity contribution in [1.29, 1.82) is 0 Å². The van der Waals surface area contributed by atoms with Crippen LogP contribution in [0.2, 0.25) is 5.02 Å². The molecule has 0 aliphatic carbocycles. The molecular weight excluding hydrogens is 258 g/mol. The summed E-state index contributed by atoms with van der Waals surface area (Å²) in [5, 5.41) is 10.9. The van der Waals surface area contributed by atoms with E-state index in [1.54, 1.807) is 0 Å². The molecule has 1 N–H and O–H groups in total. The summed E-state index contributed by atoms with van der Waals surface area (Å²) in [6.45, 7) is 9.70. The smallest absolute Gasteiger partial charge is 0.0816 e. The van der Waals surface area contributed by atoms with Crippen LogP contribution in [0.25, 0.3) is 0 Å². The molecule has 0 aliphatic rings. The molecule has 0 radical (unpaired) electrons. The summed E-state index contributed by atoms with van der Waals surface area (Å²) >= 11 is 6.10. The van der Waals surface area contributed by atoms with Crippen LogP contribution in [0, 0.1) is 5.92 Å². The Labute approximate surface area is 122 Å². The standard InChI is InChI=1S/C16H26ClNO/c1-4-13(3)12-18(5-2)11-10-16(19)14-8-6-7-9-15(14)17/h6-9,13,16,19H,4-5,10-12H2,1-3H3. The van der Waals surface area contributed by atoms with Gasteiger partial charge in [0.15, 0.2) is 0 Å². The summed E-state index contributed by atoms with van der Waals surface area (Å²) in [5.74, 6) is 0.706. The zero-order chi connectivity index (χ0) is 14.3. The van der Waals surface area contributed by atoms with Crippen LogP contribution in [-0.2, 0) is 0 Å². The van der Waals surface area contributed by atoms with Gasteiger partial charge in [0.2, 0.25) is 0 Å². The maximum atomic E-state index is 10.2. The Morgan fingerprint density at radius 3 is 2.53 bits per heavy atom. The van der Waals surface area contributed by atoms with Gasteiger partial charge in [-0.1, -0.05) is 57.0 Å². The molecular formula is C16H26ClNO. The van der Waals surface area contributed by atoms with E-state index in [0.29, 0.717) is 10.9 Å². The van der Waals surface area contributed by atoms with Crippen LogP contribution in [0.3, 0.4) is 0 Å². The van der Waals surface area contributed by atoms with Crippen LogP contribution < -0.4 is 0 Å². The SMILES string of the molecule is CCC(C)CN(CC)CCC(O)c1ccccc1Cl. The van der Waals surface area contributed by atoms with E-state index in [2.05, 4.69) is 25.7 Å². The number of hydrogen-bond acceptors (Lipinski definition) is 2. The van der Waals surface area contributed by atoms with Gasteiger partial charge in [-0.05, 0) is 30.5 Å². The van der Waals surface area contributed by atoms with Crippen LogP contribution in [-0.4, -0.2) is 29.6 Å². The molecule has 0 spiro atoms. The first kappa shape index (κ1) is 16.5. The minimum Gasteiger partial charge on any atom is -0.388 e. The number of halogens is 1. The summed E-state index contributed by atoms with van der Waals surface area (Å²) < 4.78 is 0.